The highest BCUT2D eigenvalue weighted by atomic mass is 16.1. The van der Waals surface area contributed by atoms with Gasteiger partial charge in [0, 0.05) is 76.1 Å². The molecular weight excluding hydrogens is 342 g/mol. The van der Waals surface area contributed by atoms with Crippen LogP contribution in [0.5, 0.6) is 0 Å². The highest BCUT2D eigenvalue weighted by molar-refractivity contribution is 5.53. The lowest BCUT2D eigenvalue weighted by atomic mass is 10.1. The van der Waals surface area contributed by atoms with Crippen molar-refractivity contribution in [3.8, 4) is 11.4 Å². The van der Waals surface area contributed by atoms with Gasteiger partial charge in [0.15, 0.2) is 0 Å². The normalized spacial score (nSPS) is 14.0. The molecule has 0 atom stereocenters. The van der Waals surface area contributed by atoms with E-state index in [1.54, 1.807) is 12.4 Å². The first-order chi connectivity index (χ1) is 13.1. The molecule has 0 saturated heterocycles. The van der Waals surface area contributed by atoms with Crippen molar-refractivity contribution in [2.24, 2.45) is 0 Å². The zero-order valence-electron chi connectivity index (χ0n) is 15.4. The number of pyridine rings is 1. The molecule has 1 aliphatic rings. The molecule has 0 saturated carbocycles. The standard InChI is InChI=1S/C19H21N7O/c1-25(2)19-21-8-13(9-22-19)11-26-7-5-16-15(12-26)18(27)24-17(23-16)14-4-3-6-20-10-14/h3-4,6,8-10H,5,7,11-12H2,1-2H3,(H,23,24,27). The number of anilines is 1. The third kappa shape index (κ3) is 3.70. The lowest BCUT2D eigenvalue weighted by molar-refractivity contribution is 0.241. The van der Waals surface area contributed by atoms with E-state index in [1.807, 2.05) is 43.5 Å². The smallest absolute Gasteiger partial charge is 0.255 e. The van der Waals surface area contributed by atoms with Crippen LogP contribution in [0.3, 0.4) is 0 Å². The highest BCUT2D eigenvalue weighted by Crippen LogP contribution is 2.19. The molecule has 27 heavy (non-hydrogen) atoms. The third-order valence-corrected chi connectivity index (χ3v) is 4.58. The first kappa shape index (κ1) is 17.3. The maximum absolute atomic E-state index is 12.6. The van der Waals surface area contributed by atoms with Crippen LogP contribution in [0.1, 0.15) is 16.8 Å². The minimum atomic E-state index is -0.0808. The Morgan fingerprint density at radius 3 is 2.74 bits per heavy atom. The fourth-order valence-electron chi connectivity index (χ4n) is 3.17. The number of aromatic amines is 1. The predicted octanol–water partition coefficient (Wildman–Crippen LogP) is 1.25. The molecule has 0 spiro atoms. The quantitative estimate of drug-likeness (QED) is 0.746. The maximum atomic E-state index is 12.6. The number of hydrogen-bond acceptors (Lipinski definition) is 7. The first-order valence-corrected chi connectivity index (χ1v) is 8.83. The van der Waals surface area contributed by atoms with Gasteiger partial charge < -0.3 is 9.88 Å². The van der Waals surface area contributed by atoms with E-state index in [0.717, 1.165) is 35.3 Å². The molecule has 8 heteroatoms. The van der Waals surface area contributed by atoms with Crippen molar-refractivity contribution in [2.45, 2.75) is 19.5 Å². The molecule has 0 bridgehead atoms. The Bertz CT molecular complexity index is 983. The molecular formula is C19H21N7O. The topological polar surface area (TPSA) is 90.9 Å². The Morgan fingerprint density at radius 1 is 1.22 bits per heavy atom. The molecule has 4 rings (SSSR count). The third-order valence-electron chi connectivity index (χ3n) is 4.58. The lowest BCUT2D eigenvalue weighted by Gasteiger charge is -2.27. The highest BCUT2D eigenvalue weighted by Gasteiger charge is 2.21. The van der Waals surface area contributed by atoms with Crippen LogP contribution >= 0.6 is 0 Å². The molecule has 0 aromatic carbocycles. The Morgan fingerprint density at radius 2 is 2.04 bits per heavy atom. The number of nitrogens with one attached hydrogen (secondary N) is 1. The van der Waals surface area contributed by atoms with E-state index in [2.05, 4.69) is 29.8 Å². The van der Waals surface area contributed by atoms with Gasteiger partial charge in [0.2, 0.25) is 5.95 Å². The van der Waals surface area contributed by atoms with Gasteiger partial charge in [-0.3, -0.25) is 14.7 Å². The van der Waals surface area contributed by atoms with Crippen molar-refractivity contribution in [2.75, 3.05) is 25.5 Å². The van der Waals surface area contributed by atoms with E-state index < -0.39 is 0 Å². The minimum Gasteiger partial charge on any atom is -0.347 e. The number of rotatable bonds is 4. The summed E-state index contributed by atoms with van der Waals surface area (Å²) in [5.41, 5.74) is 3.37. The number of aromatic nitrogens is 5. The molecule has 0 aliphatic carbocycles. The zero-order chi connectivity index (χ0) is 18.8. The van der Waals surface area contributed by atoms with E-state index in [4.69, 9.17) is 0 Å². The van der Waals surface area contributed by atoms with Crippen LogP contribution in [-0.2, 0) is 19.5 Å². The summed E-state index contributed by atoms with van der Waals surface area (Å²) < 4.78 is 0. The van der Waals surface area contributed by atoms with Crippen LogP contribution in [0.25, 0.3) is 11.4 Å². The molecule has 0 fully saturated rings. The minimum absolute atomic E-state index is 0.0808. The van der Waals surface area contributed by atoms with Gasteiger partial charge in [-0.2, -0.15) is 0 Å². The molecule has 0 unspecified atom stereocenters. The maximum Gasteiger partial charge on any atom is 0.255 e. The van der Waals surface area contributed by atoms with Gasteiger partial charge in [0.25, 0.3) is 5.56 Å². The average molecular weight is 363 g/mol. The summed E-state index contributed by atoms with van der Waals surface area (Å²) in [5.74, 6) is 1.26. The molecule has 1 N–H and O–H groups in total. The second-order valence-corrected chi connectivity index (χ2v) is 6.83. The van der Waals surface area contributed by atoms with E-state index in [0.29, 0.717) is 24.9 Å². The van der Waals surface area contributed by atoms with Crippen molar-refractivity contribution in [1.29, 1.82) is 0 Å². The van der Waals surface area contributed by atoms with Crippen molar-refractivity contribution in [1.82, 2.24) is 29.8 Å². The van der Waals surface area contributed by atoms with E-state index in [-0.39, 0.29) is 5.56 Å². The van der Waals surface area contributed by atoms with Gasteiger partial charge in [0.1, 0.15) is 5.82 Å². The monoisotopic (exact) mass is 363 g/mol. The van der Waals surface area contributed by atoms with Gasteiger partial charge in [0.05, 0.1) is 11.3 Å². The second kappa shape index (κ2) is 7.24. The Labute approximate surface area is 157 Å². The Hall–Kier alpha value is -3.13. The molecule has 1 aliphatic heterocycles. The summed E-state index contributed by atoms with van der Waals surface area (Å²) in [6, 6.07) is 3.73. The van der Waals surface area contributed by atoms with E-state index >= 15 is 0 Å². The molecule has 0 amide bonds. The van der Waals surface area contributed by atoms with Gasteiger partial charge in [-0.1, -0.05) is 0 Å². The summed E-state index contributed by atoms with van der Waals surface area (Å²) in [6.45, 7) is 2.11. The lowest BCUT2D eigenvalue weighted by Crippen LogP contribution is -2.35. The molecule has 138 valence electrons. The van der Waals surface area contributed by atoms with Crippen molar-refractivity contribution in [3.05, 3.63) is 64.1 Å². The van der Waals surface area contributed by atoms with Crippen LogP contribution < -0.4 is 10.5 Å². The van der Waals surface area contributed by atoms with Crippen LogP contribution in [0.15, 0.2) is 41.7 Å². The first-order valence-electron chi connectivity index (χ1n) is 8.83. The van der Waals surface area contributed by atoms with Crippen LogP contribution in [0.4, 0.5) is 5.95 Å². The van der Waals surface area contributed by atoms with Crippen LogP contribution in [0, 0.1) is 0 Å². The summed E-state index contributed by atoms with van der Waals surface area (Å²) in [4.78, 5) is 37.0. The van der Waals surface area contributed by atoms with Gasteiger partial charge >= 0.3 is 0 Å². The molecule has 8 nitrogen and oxygen atoms in total. The summed E-state index contributed by atoms with van der Waals surface area (Å²) >= 11 is 0. The average Bonchev–Trinajstić information content (AvgIpc) is 2.69. The zero-order valence-corrected chi connectivity index (χ0v) is 15.4. The Balaban J connectivity index is 1.52. The summed E-state index contributed by atoms with van der Waals surface area (Å²) in [5, 5.41) is 0. The van der Waals surface area contributed by atoms with Crippen molar-refractivity contribution in [3.63, 3.8) is 0 Å². The molecule has 0 radical (unpaired) electrons. The van der Waals surface area contributed by atoms with Crippen molar-refractivity contribution < 1.29 is 0 Å². The van der Waals surface area contributed by atoms with Gasteiger partial charge in [-0.15, -0.1) is 0 Å². The molecule has 3 aromatic rings. The van der Waals surface area contributed by atoms with Gasteiger partial charge in [-0.05, 0) is 12.1 Å². The predicted molar refractivity (Wildman–Crippen MR) is 102 cm³/mol. The largest absolute Gasteiger partial charge is 0.347 e. The van der Waals surface area contributed by atoms with Gasteiger partial charge in [-0.25, -0.2) is 15.0 Å². The second-order valence-electron chi connectivity index (χ2n) is 6.83. The SMILES string of the molecule is CN(C)c1ncc(CN2CCc3nc(-c4cccnc4)[nH]c(=O)c3C2)cn1. The number of nitrogens with zero attached hydrogens (tertiary/aromatic N) is 6. The number of fused-ring (bicyclic) bond motifs is 1. The fourth-order valence-corrected chi connectivity index (χ4v) is 3.17. The summed E-state index contributed by atoms with van der Waals surface area (Å²) in [6.07, 6.45) is 7.82. The Kier molecular flexibility index (Phi) is 4.64. The van der Waals surface area contributed by atoms with E-state index in [9.17, 15) is 4.79 Å². The van der Waals surface area contributed by atoms with Crippen LogP contribution in [0.2, 0.25) is 0 Å². The van der Waals surface area contributed by atoms with E-state index in [1.165, 1.54) is 0 Å². The number of H-pyrrole nitrogens is 1. The number of hydrogen-bond donors (Lipinski definition) is 1. The van der Waals surface area contributed by atoms with Crippen LogP contribution in [-0.4, -0.2) is 50.5 Å². The molecule has 3 aromatic heterocycles. The summed E-state index contributed by atoms with van der Waals surface area (Å²) in [7, 11) is 3.82. The van der Waals surface area contributed by atoms with Crippen molar-refractivity contribution >= 4 is 5.95 Å². The fraction of sp³-hybridized carbons (Fsp3) is 0.316. The molecule has 4 heterocycles.